The van der Waals surface area contributed by atoms with E-state index in [1.807, 2.05) is 47.8 Å². The van der Waals surface area contributed by atoms with Crippen molar-refractivity contribution in [1.29, 1.82) is 0 Å². The van der Waals surface area contributed by atoms with E-state index in [1.165, 1.54) is 17.4 Å². The van der Waals surface area contributed by atoms with Crippen LogP contribution in [0.4, 0.5) is 17.3 Å². The molecule has 0 fully saturated rings. The molecule has 0 aliphatic carbocycles. The second kappa shape index (κ2) is 9.27. The van der Waals surface area contributed by atoms with Gasteiger partial charge in [-0.15, -0.1) is 11.3 Å². The Labute approximate surface area is 183 Å². The molecule has 2 aromatic heterocycles. The van der Waals surface area contributed by atoms with E-state index in [4.69, 9.17) is 9.47 Å². The van der Waals surface area contributed by atoms with E-state index in [1.54, 1.807) is 32.2 Å². The van der Waals surface area contributed by atoms with E-state index in [0.29, 0.717) is 23.3 Å². The number of ether oxygens (including phenoxy) is 2. The first kappa shape index (κ1) is 20.4. The maximum atomic E-state index is 11.8. The topological polar surface area (TPSA) is 85.4 Å². The number of carbonyl (C=O) groups is 1. The SMILES string of the molecule is C/C=C/C(=O)Nc1cccc(Oc2nc(Nc3ccc(OC)cc3)nc3ccsc23)c1. The number of anilines is 3. The van der Waals surface area contributed by atoms with Crippen LogP contribution in [0.2, 0.25) is 0 Å². The number of hydrogen-bond acceptors (Lipinski definition) is 7. The molecule has 2 heterocycles. The van der Waals surface area contributed by atoms with Gasteiger partial charge in [-0.25, -0.2) is 4.98 Å². The van der Waals surface area contributed by atoms with Gasteiger partial charge in [-0.05, 0) is 60.8 Å². The van der Waals surface area contributed by atoms with Crippen molar-refractivity contribution in [1.82, 2.24) is 9.97 Å². The van der Waals surface area contributed by atoms with Crippen LogP contribution >= 0.6 is 11.3 Å². The summed E-state index contributed by atoms with van der Waals surface area (Å²) in [5.41, 5.74) is 2.24. The van der Waals surface area contributed by atoms with E-state index in [2.05, 4.69) is 20.6 Å². The minimum atomic E-state index is -0.201. The fourth-order valence-electron chi connectivity index (χ4n) is 2.85. The van der Waals surface area contributed by atoms with Crippen LogP contribution in [0.25, 0.3) is 10.2 Å². The average Bonchev–Trinajstić information content (AvgIpc) is 3.24. The zero-order chi connectivity index (χ0) is 21.6. The molecule has 0 radical (unpaired) electrons. The number of benzene rings is 2. The van der Waals surface area contributed by atoms with Gasteiger partial charge < -0.3 is 20.1 Å². The van der Waals surface area contributed by atoms with E-state index in [0.717, 1.165) is 21.7 Å². The summed E-state index contributed by atoms with van der Waals surface area (Å²) >= 11 is 1.50. The van der Waals surface area contributed by atoms with Crippen LogP contribution in [0, 0.1) is 0 Å². The van der Waals surface area contributed by atoms with Crippen molar-refractivity contribution in [2.24, 2.45) is 0 Å². The lowest BCUT2D eigenvalue weighted by Gasteiger charge is -2.11. The summed E-state index contributed by atoms with van der Waals surface area (Å²) < 4.78 is 12.1. The Kier molecular flexibility index (Phi) is 6.09. The van der Waals surface area contributed by atoms with Gasteiger partial charge in [0.2, 0.25) is 17.7 Å². The predicted molar refractivity (Wildman–Crippen MR) is 124 cm³/mol. The molecular weight excluding hydrogens is 412 g/mol. The van der Waals surface area contributed by atoms with Gasteiger partial charge in [0.25, 0.3) is 0 Å². The Hall–Kier alpha value is -3.91. The van der Waals surface area contributed by atoms with Gasteiger partial charge in [0, 0.05) is 17.4 Å². The van der Waals surface area contributed by atoms with Crippen LogP contribution in [-0.4, -0.2) is 23.0 Å². The monoisotopic (exact) mass is 432 g/mol. The standard InChI is InChI=1S/C23H20N4O3S/c1-3-5-20(28)24-16-6-4-7-18(14-16)30-22-21-19(12-13-31-21)26-23(27-22)25-15-8-10-17(29-2)11-9-15/h3-14H,1-2H3,(H,24,28)(H,25,26,27)/b5-3+. The third-order valence-corrected chi connectivity index (χ3v) is 5.14. The number of rotatable bonds is 7. The maximum Gasteiger partial charge on any atom is 0.248 e. The summed E-state index contributed by atoms with van der Waals surface area (Å²) in [7, 11) is 1.63. The molecule has 0 saturated heterocycles. The lowest BCUT2D eigenvalue weighted by Crippen LogP contribution is -2.07. The maximum absolute atomic E-state index is 11.8. The molecule has 0 aliphatic rings. The van der Waals surface area contributed by atoms with Gasteiger partial charge in [0.15, 0.2) is 0 Å². The fourth-order valence-corrected chi connectivity index (χ4v) is 3.61. The number of thiophene rings is 1. The van der Waals surface area contributed by atoms with Crippen LogP contribution in [-0.2, 0) is 4.79 Å². The van der Waals surface area contributed by atoms with Crippen molar-refractivity contribution >= 4 is 44.8 Å². The first-order chi connectivity index (χ1) is 15.1. The largest absolute Gasteiger partial charge is 0.497 e. The Morgan fingerprint density at radius 3 is 2.65 bits per heavy atom. The third-order valence-electron chi connectivity index (χ3n) is 4.25. The lowest BCUT2D eigenvalue weighted by atomic mass is 10.3. The summed E-state index contributed by atoms with van der Waals surface area (Å²) in [6.07, 6.45) is 3.14. The second-order valence-corrected chi connectivity index (χ2v) is 7.38. The van der Waals surface area contributed by atoms with Crippen LogP contribution in [0.15, 0.2) is 72.1 Å². The number of amides is 1. The number of nitrogens with zero attached hydrogens (tertiary/aromatic N) is 2. The zero-order valence-electron chi connectivity index (χ0n) is 17.0. The molecule has 2 N–H and O–H groups in total. The van der Waals surface area contributed by atoms with Gasteiger partial charge in [-0.1, -0.05) is 12.1 Å². The molecule has 0 atom stereocenters. The Bertz CT molecular complexity index is 1240. The smallest absolute Gasteiger partial charge is 0.248 e. The Morgan fingerprint density at radius 2 is 1.87 bits per heavy atom. The summed E-state index contributed by atoms with van der Waals surface area (Å²) in [5, 5.41) is 7.93. The molecule has 4 aromatic rings. The highest BCUT2D eigenvalue weighted by atomic mass is 32.1. The molecule has 31 heavy (non-hydrogen) atoms. The van der Waals surface area contributed by atoms with Crippen LogP contribution in [0.3, 0.4) is 0 Å². The van der Waals surface area contributed by atoms with Crippen molar-refractivity contribution in [3.63, 3.8) is 0 Å². The number of carbonyl (C=O) groups excluding carboxylic acids is 1. The van der Waals surface area contributed by atoms with Crippen molar-refractivity contribution in [2.75, 3.05) is 17.7 Å². The highest BCUT2D eigenvalue weighted by Gasteiger charge is 2.12. The van der Waals surface area contributed by atoms with Gasteiger partial charge in [0.1, 0.15) is 16.2 Å². The molecule has 2 aromatic carbocycles. The molecule has 0 saturated carbocycles. The first-order valence-corrected chi connectivity index (χ1v) is 10.4. The Balaban J connectivity index is 1.60. The normalized spacial score (nSPS) is 10.9. The number of allylic oxidation sites excluding steroid dienone is 1. The first-order valence-electron chi connectivity index (χ1n) is 9.52. The second-order valence-electron chi connectivity index (χ2n) is 6.46. The van der Waals surface area contributed by atoms with Gasteiger partial charge in [0.05, 0.1) is 12.6 Å². The van der Waals surface area contributed by atoms with Gasteiger partial charge >= 0.3 is 0 Å². The van der Waals surface area contributed by atoms with Crippen molar-refractivity contribution in [3.05, 3.63) is 72.1 Å². The number of hydrogen-bond donors (Lipinski definition) is 2. The minimum Gasteiger partial charge on any atom is -0.497 e. The van der Waals surface area contributed by atoms with Crippen molar-refractivity contribution in [3.8, 4) is 17.4 Å². The molecule has 1 amide bonds. The van der Waals surface area contributed by atoms with Crippen LogP contribution in [0.1, 0.15) is 6.92 Å². The van der Waals surface area contributed by atoms with Gasteiger partial charge in [-0.2, -0.15) is 4.98 Å². The van der Waals surface area contributed by atoms with E-state index < -0.39 is 0 Å². The zero-order valence-corrected chi connectivity index (χ0v) is 17.8. The summed E-state index contributed by atoms with van der Waals surface area (Å²) in [5.74, 6) is 1.98. The van der Waals surface area contributed by atoms with E-state index in [-0.39, 0.29) is 5.91 Å². The number of fused-ring (bicyclic) bond motifs is 1. The average molecular weight is 433 g/mol. The van der Waals surface area contributed by atoms with E-state index >= 15 is 0 Å². The molecule has 0 bridgehead atoms. The summed E-state index contributed by atoms with van der Waals surface area (Å²) in [4.78, 5) is 20.9. The minimum absolute atomic E-state index is 0.201. The van der Waals surface area contributed by atoms with Crippen molar-refractivity contribution in [2.45, 2.75) is 6.92 Å². The summed E-state index contributed by atoms with van der Waals surface area (Å²) in [6, 6.07) is 16.6. The predicted octanol–water partition coefficient (Wildman–Crippen LogP) is 5.75. The molecule has 0 unspecified atom stereocenters. The molecule has 7 nitrogen and oxygen atoms in total. The van der Waals surface area contributed by atoms with Gasteiger partial charge in [-0.3, -0.25) is 4.79 Å². The molecule has 0 spiro atoms. The highest BCUT2D eigenvalue weighted by Crippen LogP contribution is 2.33. The third kappa shape index (κ3) is 4.99. The van der Waals surface area contributed by atoms with E-state index in [9.17, 15) is 4.79 Å². The number of nitrogens with one attached hydrogen (secondary N) is 2. The molecule has 8 heteroatoms. The molecular formula is C23H20N4O3S. The molecule has 156 valence electrons. The fraction of sp³-hybridized carbons (Fsp3) is 0.0870. The number of aromatic nitrogens is 2. The molecule has 0 aliphatic heterocycles. The Morgan fingerprint density at radius 1 is 1.03 bits per heavy atom. The summed E-state index contributed by atoms with van der Waals surface area (Å²) in [6.45, 7) is 1.79. The highest BCUT2D eigenvalue weighted by molar-refractivity contribution is 7.17. The quantitative estimate of drug-likeness (QED) is 0.362. The molecule has 4 rings (SSSR count). The van der Waals surface area contributed by atoms with Crippen molar-refractivity contribution < 1.29 is 14.3 Å². The lowest BCUT2D eigenvalue weighted by molar-refractivity contribution is -0.111. The van der Waals surface area contributed by atoms with Crippen LogP contribution in [0.5, 0.6) is 17.4 Å². The van der Waals surface area contributed by atoms with Crippen LogP contribution < -0.4 is 20.1 Å². The number of methoxy groups -OCH3 is 1.